The van der Waals surface area contributed by atoms with Gasteiger partial charge in [-0.15, -0.1) is 0 Å². The zero-order valence-electron chi connectivity index (χ0n) is 12.3. The molecule has 0 bridgehead atoms. The molecule has 2 N–H and O–H groups in total. The van der Waals surface area contributed by atoms with Gasteiger partial charge in [0.1, 0.15) is 17.8 Å². The van der Waals surface area contributed by atoms with Crippen LogP contribution in [0.3, 0.4) is 0 Å². The Morgan fingerprint density at radius 2 is 1.95 bits per heavy atom. The quantitative estimate of drug-likeness (QED) is 0.855. The summed E-state index contributed by atoms with van der Waals surface area (Å²) in [6, 6.07) is 11.3. The maximum Gasteiger partial charge on any atom is 0.270 e. The molecule has 0 unspecified atom stereocenters. The molecule has 110 valence electrons. The predicted molar refractivity (Wildman–Crippen MR) is 83.5 cm³/mol. The van der Waals surface area contributed by atoms with Crippen LogP contribution >= 0.6 is 0 Å². The average molecular weight is 284 g/mol. The maximum atomic E-state index is 12.0. The fourth-order valence-electron chi connectivity index (χ4n) is 1.78. The molecule has 5 nitrogen and oxygen atoms in total. The summed E-state index contributed by atoms with van der Waals surface area (Å²) in [6.45, 7) is 4.90. The largest absolute Gasteiger partial charge is 0.351 e. The Morgan fingerprint density at radius 3 is 2.67 bits per heavy atom. The third-order valence-corrected chi connectivity index (χ3v) is 2.95. The molecule has 2 aromatic rings. The zero-order chi connectivity index (χ0) is 15.1. The Kier molecular flexibility index (Phi) is 5.26. The summed E-state index contributed by atoms with van der Waals surface area (Å²) in [7, 11) is 0. The molecule has 2 rings (SSSR count). The Hall–Kier alpha value is -2.43. The summed E-state index contributed by atoms with van der Waals surface area (Å²) in [5.41, 5.74) is 1.29. The number of hydrogen-bond donors (Lipinski definition) is 2. The molecular formula is C16H20N4O. The van der Waals surface area contributed by atoms with Crippen molar-refractivity contribution in [1.29, 1.82) is 0 Å². The van der Waals surface area contributed by atoms with E-state index in [-0.39, 0.29) is 5.91 Å². The number of para-hydroxylation sites is 1. The normalized spacial score (nSPS) is 10.4. The van der Waals surface area contributed by atoms with Crippen LogP contribution in [-0.2, 0) is 0 Å². The van der Waals surface area contributed by atoms with Crippen molar-refractivity contribution in [2.75, 3.05) is 11.9 Å². The van der Waals surface area contributed by atoms with E-state index in [1.165, 1.54) is 6.33 Å². The smallest absolute Gasteiger partial charge is 0.270 e. The lowest BCUT2D eigenvalue weighted by Gasteiger charge is -2.08. The molecule has 1 heterocycles. The third-order valence-electron chi connectivity index (χ3n) is 2.95. The lowest BCUT2D eigenvalue weighted by atomic mass is 10.1. The number of carbonyl (C=O) groups is 1. The molecule has 5 heteroatoms. The summed E-state index contributed by atoms with van der Waals surface area (Å²) in [4.78, 5) is 20.1. The van der Waals surface area contributed by atoms with Crippen LogP contribution in [-0.4, -0.2) is 22.4 Å². The van der Waals surface area contributed by atoms with E-state index in [4.69, 9.17) is 0 Å². The minimum atomic E-state index is -0.172. The number of amides is 1. The zero-order valence-corrected chi connectivity index (χ0v) is 12.3. The van der Waals surface area contributed by atoms with Gasteiger partial charge in [-0.25, -0.2) is 9.97 Å². The van der Waals surface area contributed by atoms with Gasteiger partial charge >= 0.3 is 0 Å². The number of nitrogens with zero attached hydrogens (tertiary/aromatic N) is 2. The van der Waals surface area contributed by atoms with Gasteiger partial charge in [-0.3, -0.25) is 4.79 Å². The van der Waals surface area contributed by atoms with Gasteiger partial charge in [-0.1, -0.05) is 32.0 Å². The molecule has 0 radical (unpaired) electrons. The number of aromatic nitrogens is 2. The first kappa shape index (κ1) is 15.0. The molecule has 1 aromatic heterocycles. The highest BCUT2D eigenvalue weighted by Crippen LogP contribution is 2.13. The van der Waals surface area contributed by atoms with Crippen LogP contribution < -0.4 is 10.6 Å². The molecule has 0 atom stereocenters. The van der Waals surface area contributed by atoms with Crippen molar-refractivity contribution in [3.63, 3.8) is 0 Å². The first-order valence-corrected chi connectivity index (χ1v) is 7.07. The lowest BCUT2D eigenvalue weighted by molar-refractivity contribution is 0.0947. The number of benzene rings is 1. The summed E-state index contributed by atoms with van der Waals surface area (Å²) in [5, 5.41) is 6.01. The van der Waals surface area contributed by atoms with Crippen molar-refractivity contribution in [2.24, 2.45) is 5.92 Å². The first-order valence-electron chi connectivity index (χ1n) is 7.07. The van der Waals surface area contributed by atoms with Crippen molar-refractivity contribution >= 4 is 17.4 Å². The van der Waals surface area contributed by atoms with Gasteiger partial charge in [0.25, 0.3) is 5.91 Å². The number of hydrogen-bond acceptors (Lipinski definition) is 4. The number of rotatable bonds is 6. The minimum absolute atomic E-state index is 0.172. The van der Waals surface area contributed by atoms with Crippen molar-refractivity contribution in [3.8, 4) is 0 Å². The van der Waals surface area contributed by atoms with Crippen LogP contribution in [0.2, 0.25) is 0 Å². The Balaban J connectivity index is 1.98. The molecule has 0 saturated carbocycles. The van der Waals surface area contributed by atoms with Crippen molar-refractivity contribution < 1.29 is 4.79 Å². The van der Waals surface area contributed by atoms with E-state index >= 15 is 0 Å². The van der Waals surface area contributed by atoms with Crippen LogP contribution in [0.5, 0.6) is 0 Å². The molecular weight excluding hydrogens is 264 g/mol. The molecule has 21 heavy (non-hydrogen) atoms. The number of carbonyl (C=O) groups excluding carboxylic acids is 1. The molecule has 1 amide bonds. The summed E-state index contributed by atoms with van der Waals surface area (Å²) < 4.78 is 0. The van der Waals surface area contributed by atoms with Crippen molar-refractivity contribution in [3.05, 3.63) is 48.4 Å². The fraction of sp³-hybridized carbons (Fsp3) is 0.312. The van der Waals surface area contributed by atoms with Crippen LogP contribution in [0.25, 0.3) is 0 Å². The van der Waals surface area contributed by atoms with Gasteiger partial charge in [0.2, 0.25) is 0 Å². The summed E-state index contributed by atoms with van der Waals surface area (Å²) >= 11 is 0. The second-order valence-corrected chi connectivity index (χ2v) is 5.22. The van der Waals surface area contributed by atoms with Crippen molar-refractivity contribution in [2.45, 2.75) is 20.3 Å². The van der Waals surface area contributed by atoms with Gasteiger partial charge in [-0.05, 0) is 24.5 Å². The second kappa shape index (κ2) is 7.38. The Labute approximate surface area is 124 Å². The molecule has 0 aliphatic rings. The van der Waals surface area contributed by atoms with E-state index < -0.39 is 0 Å². The van der Waals surface area contributed by atoms with E-state index in [0.29, 0.717) is 24.0 Å². The van der Waals surface area contributed by atoms with Gasteiger partial charge in [0, 0.05) is 18.3 Å². The van der Waals surface area contributed by atoms with E-state index in [1.54, 1.807) is 6.07 Å². The molecule has 0 aliphatic carbocycles. The monoisotopic (exact) mass is 284 g/mol. The third kappa shape index (κ3) is 4.87. The minimum Gasteiger partial charge on any atom is -0.351 e. The Bertz CT molecular complexity index is 584. The highest BCUT2D eigenvalue weighted by molar-refractivity contribution is 5.92. The summed E-state index contributed by atoms with van der Waals surface area (Å²) in [5.74, 6) is 0.991. The second-order valence-electron chi connectivity index (χ2n) is 5.22. The highest BCUT2D eigenvalue weighted by Gasteiger charge is 2.08. The summed E-state index contributed by atoms with van der Waals surface area (Å²) in [6.07, 6.45) is 2.34. The van der Waals surface area contributed by atoms with Crippen LogP contribution in [0, 0.1) is 5.92 Å². The predicted octanol–water partition coefficient (Wildman–Crippen LogP) is 3.00. The van der Waals surface area contributed by atoms with E-state index in [0.717, 1.165) is 12.1 Å². The van der Waals surface area contributed by atoms with Gasteiger partial charge in [0.05, 0.1) is 0 Å². The van der Waals surface area contributed by atoms with E-state index in [9.17, 15) is 4.79 Å². The Morgan fingerprint density at radius 1 is 1.19 bits per heavy atom. The first-order chi connectivity index (χ1) is 10.1. The maximum absolute atomic E-state index is 12.0. The van der Waals surface area contributed by atoms with Gasteiger partial charge in [-0.2, -0.15) is 0 Å². The molecule has 1 aromatic carbocycles. The molecule has 0 saturated heterocycles. The van der Waals surface area contributed by atoms with Crippen LogP contribution in [0.4, 0.5) is 11.5 Å². The van der Waals surface area contributed by atoms with Gasteiger partial charge in [0.15, 0.2) is 0 Å². The molecule has 0 fully saturated rings. The standard InChI is InChI=1S/C16H20N4O/c1-12(2)8-9-17-16(21)14-10-15(19-11-18-14)20-13-6-4-3-5-7-13/h3-7,10-12H,8-9H2,1-2H3,(H,17,21)(H,18,19,20). The van der Waals surface area contributed by atoms with E-state index in [2.05, 4.69) is 34.4 Å². The number of anilines is 2. The molecule has 0 spiro atoms. The van der Waals surface area contributed by atoms with Crippen LogP contribution in [0.15, 0.2) is 42.7 Å². The topological polar surface area (TPSA) is 66.9 Å². The van der Waals surface area contributed by atoms with E-state index in [1.807, 2.05) is 30.3 Å². The number of nitrogens with one attached hydrogen (secondary N) is 2. The van der Waals surface area contributed by atoms with Crippen LogP contribution in [0.1, 0.15) is 30.8 Å². The molecule has 0 aliphatic heterocycles. The highest BCUT2D eigenvalue weighted by atomic mass is 16.1. The van der Waals surface area contributed by atoms with Crippen molar-refractivity contribution in [1.82, 2.24) is 15.3 Å². The fourth-order valence-corrected chi connectivity index (χ4v) is 1.78. The lowest BCUT2D eigenvalue weighted by Crippen LogP contribution is -2.26. The van der Waals surface area contributed by atoms with Gasteiger partial charge < -0.3 is 10.6 Å². The SMILES string of the molecule is CC(C)CCNC(=O)c1cc(Nc2ccccc2)ncn1. The average Bonchev–Trinajstić information content (AvgIpc) is 2.48.